The van der Waals surface area contributed by atoms with Gasteiger partial charge in [0.25, 0.3) is 5.91 Å². The number of rotatable bonds is 5. The molecule has 132 valence electrons. The Labute approximate surface area is 148 Å². The molecule has 5 N–H and O–H groups in total. The van der Waals surface area contributed by atoms with Gasteiger partial charge in [0.15, 0.2) is 11.6 Å². The van der Waals surface area contributed by atoms with E-state index in [0.717, 1.165) is 5.56 Å². The molecule has 9 heteroatoms. The van der Waals surface area contributed by atoms with Crippen molar-refractivity contribution >= 4 is 29.0 Å². The summed E-state index contributed by atoms with van der Waals surface area (Å²) in [5.41, 5.74) is 12.0. The van der Waals surface area contributed by atoms with Crippen LogP contribution in [-0.4, -0.2) is 20.9 Å². The number of carbonyl (C=O) groups is 1. The topological polar surface area (TPSA) is 118 Å². The number of benzene rings is 1. The third kappa shape index (κ3) is 3.83. The Kier molecular flexibility index (Phi) is 4.88. The molecule has 0 bridgehead atoms. The van der Waals surface area contributed by atoms with Crippen molar-refractivity contribution < 1.29 is 9.18 Å². The van der Waals surface area contributed by atoms with Crippen molar-refractivity contribution in [1.82, 2.24) is 20.4 Å². The fraction of sp³-hybridized carbons (Fsp3) is 0.0588. The largest absolute Gasteiger partial charge is 0.393 e. The van der Waals surface area contributed by atoms with E-state index in [4.69, 9.17) is 5.73 Å². The average molecular weight is 353 g/mol. The van der Waals surface area contributed by atoms with E-state index in [1.807, 2.05) is 13.0 Å². The highest BCUT2D eigenvalue weighted by Gasteiger charge is 2.13. The normalized spacial score (nSPS) is 10.2. The van der Waals surface area contributed by atoms with E-state index in [1.54, 1.807) is 18.3 Å². The van der Waals surface area contributed by atoms with Crippen molar-refractivity contribution in [3.05, 3.63) is 65.9 Å². The molecule has 0 saturated carbocycles. The van der Waals surface area contributed by atoms with Crippen molar-refractivity contribution in [1.29, 1.82) is 0 Å². The molecule has 0 radical (unpaired) electrons. The fourth-order valence-electron chi connectivity index (χ4n) is 2.09. The predicted octanol–water partition coefficient (Wildman–Crippen LogP) is 2.40. The Morgan fingerprint density at radius 2 is 1.85 bits per heavy atom. The lowest BCUT2D eigenvalue weighted by atomic mass is 10.2. The van der Waals surface area contributed by atoms with Gasteiger partial charge in [-0.05, 0) is 30.7 Å². The van der Waals surface area contributed by atoms with Crippen LogP contribution in [0.5, 0.6) is 0 Å². The highest BCUT2D eigenvalue weighted by Crippen LogP contribution is 2.24. The van der Waals surface area contributed by atoms with Gasteiger partial charge in [-0.15, -0.1) is 0 Å². The smallest absolute Gasteiger partial charge is 0.272 e. The van der Waals surface area contributed by atoms with Crippen molar-refractivity contribution in [2.24, 2.45) is 0 Å². The molecule has 0 aliphatic carbocycles. The summed E-state index contributed by atoms with van der Waals surface area (Å²) in [6.45, 7) is 1.93. The number of amides is 1. The van der Waals surface area contributed by atoms with Crippen LogP contribution in [0, 0.1) is 12.7 Å². The third-order valence-corrected chi connectivity index (χ3v) is 3.45. The van der Waals surface area contributed by atoms with Gasteiger partial charge in [0.2, 0.25) is 0 Å². The highest BCUT2D eigenvalue weighted by molar-refractivity contribution is 5.95. The first-order valence-corrected chi connectivity index (χ1v) is 7.65. The Hall–Kier alpha value is -3.75. The third-order valence-electron chi connectivity index (χ3n) is 3.45. The monoisotopic (exact) mass is 353 g/mol. The average Bonchev–Trinajstić information content (AvgIpc) is 2.64. The number of nitrogens with zero attached hydrogens (tertiary/aromatic N) is 3. The first-order chi connectivity index (χ1) is 12.5. The molecule has 26 heavy (non-hydrogen) atoms. The summed E-state index contributed by atoms with van der Waals surface area (Å²) in [5.74, 6) is -0.244. The fourth-order valence-corrected chi connectivity index (χ4v) is 2.09. The molecule has 3 rings (SSSR count). The molecule has 0 fully saturated rings. The van der Waals surface area contributed by atoms with Gasteiger partial charge in [-0.2, -0.15) is 0 Å². The molecule has 1 amide bonds. The molecule has 1 aromatic carbocycles. The summed E-state index contributed by atoms with van der Waals surface area (Å²) >= 11 is 0. The summed E-state index contributed by atoms with van der Waals surface area (Å²) in [5, 5.41) is 2.97. The number of nitrogens with two attached hydrogens (primary N) is 1. The first kappa shape index (κ1) is 17.1. The molecule has 0 spiro atoms. The second-order valence-corrected chi connectivity index (χ2v) is 5.39. The number of hydrogen-bond acceptors (Lipinski definition) is 7. The maximum absolute atomic E-state index is 13.6. The van der Waals surface area contributed by atoms with E-state index in [0.29, 0.717) is 11.6 Å². The van der Waals surface area contributed by atoms with Crippen molar-refractivity contribution in [3.63, 3.8) is 0 Å². The van der Waals surface area contributed by atoms with E-state index >= 15 is 0 Å². The van der Waals surface area contributed by atoms with Gasteiger partial charge in [0.1, 0.15) is 23.6 Å². The van der Waals surface area contributed by atoms with Crippen LogP contribution in [0.1, 0.15) is 15.9 Å². The van der Waals surface area contributed by atoms with E-state index in [1.165, 1.54) is 24.5 Å². The van der Waals surface area contributed by atoms with Gasteiger partial charge in [0, 0.05) is 6.20 Å². The molecule has 0 aliphatic rings. The van der Waals surface area contributed by atoms with E-state index < -0.39 is 11.7 Å². The molecule has 2 aromatic heterocycles. The number of hydrogen-bond donors (Lipinski definition) is 4. The molecule has 0 unspecified atom stereocenters. The number of hydrazine groups is 1. The molecule has 0 saturated heterocycles. The lowest BCUT2D eigenvalue weighted by Gasteiger charge is -2.13. The first-order valence-electron chi connectivity index (χ1n) is 7.65. The van der Waals surface area contributed by atoms with Crippen LogP contribution < -0.4 is 21.9 Å². The van der Waals surface area contributed by atoms with Crippen molar-refractivity contribution in [3.8, 4) is 0 Å². The number of anilines is 4. The van der Waals surface area contributed by atoms with Crippen LogP contribution in [0.25, 0.3) is 0 Å². The lowest BCUT2D eigenvalue weighted by molar-refractivity contribution is 0.0958. The predicted molar refractivity (Wildman–Crippen MR) is 96.2 cm³/mol. The Bertz CT molecular complexity index is 931. The van der Waals surface area contributed by atoms with Gasteiger partial charge in [-0.25, -0.2) is 19.3 Å². The van der Waals surface area contributed by atoms with Crippen LogP contribution in [0.3, 0.4) is 0 Å². The standard InChI is InChI=1S/C17H16FN7O/c1-10-6-7-13(20-8-10)23-15-14(19)16(22-9-21-15)24-25-17(26)11-4-2-3-5-12(11)18/h2-9H,19H2,1H3,(H,25,26)(H2,20,21,22,23,24). The summed E-state index contributed by atoms with van der Waals surface area (Å²) in [4.78, 5) is 24.3. The van der Waals surface area contributed by atoms with Gasteiger partial charge in [0.05, 0.1) is 5.56 Å². The van der Waals surface area contributed by atoms with E-state index in [2.05, 4.69) is 31.1 Å². The van der Waals surface area contributed by atoms with Gasteiger partial charge in [-0.3, -0.25) is 15.6 Å². The Morgan fingerprint density at radius 1 is 1.08 bits per heavy atom. The van der Waals surface area contributed by atoms with Crippen LogP contribution in [0.4, 0.5) is 27.5 Å². The molecular weight excluding hydrogens is 337 g/mol. The summed E-state index contributed by atoms with van der Waals surface area (Å²) in [6, 6.07) is 9.30. The number of aromatic nitrogens is 3. The van der Waals surface area contributed by atoms with Crippen LogP contribution in [-0.2, 0) is 0 Å². The number of nitrogen functional groups attached to an aromatic ring is 1. The number of halogens is 1. The quantitative estimate of drug-likeness (QED) is 0.520. The van der Waals surface area contributed by atoms with Gasteiger partial charge >= 0.3 is 0 Å². The zero-order chi connectivity index (χ0) is 18.5. The molecule has 0 atom stereocenters. The second kappa shape index (κ2) is 7.43. The minimum Gasteiger partial charge on any atom is -0.393 e. The SMILES string of the molecule is Cc1ccc(Nc2ncnc(NNC(=O)c3ccccc3F)c2N)nc1. The molecule has 2 heterocycles. The minimum absolute atomic E-state index is 0.102. The minimum atomic E-state index is -0.657. The van der Waals surface area contributed by atoms with Gasteiger partial charge in [-0.1, -0.05) is 18.2 Å². The number of pyridine rings is 1. The number of nitrogens with one attached hydrogen (secondary N) is 3. The molecule has 3 aromatic rings. The maximum Gasteiger partial charge on any atom is 0.272 e. The number of aryl methyl sites for hydroxylation is 1. The van der Waals surface area contributed by atoms with Crippen LogP contribution >= 0.6 is 0 Å². The Balaban J connectivity index is 1.72. The zero-order valence-electron chi connectivity index (χ0n) is 13.8. The van der Waals surface area contributed by atoms with Crippen LogP contribution in [0.2, 0.25) is 0 Å². The van der Waals surface area contributed by atoms with Crippen molar-refractivity contribution in [2.45, 2.75) is 6.92 Å². The second-order valence-electron chi connectivity index (χ2n) is 5.39. The molecule has 8 nitrogen and oxygen atoms in total. The summed E-state index contributed by atoms with van der Waals surface area (Å²) in [7, 11) is 0. The van der Waals surface area contributed by atoms with Crippen LogP contribution in [0.15, 0.2) is 48.9 Å². The lowest BCUT2D eigenvalue weighted by Crippen LogP contribution is -2.31. The van der Waals surface area contributed by atoms with Gasteiger partial charge < -0.3 is 11.1 Å². The Morgan fingerprint density at radius 3 is 2.58 bits per heavy atom. The zero-order valence-corrected chi connectivity index (χ0v) is 13.8. The summed E-state index contributed by atoms with van der Waals surface area (Å²) < 4.78 is 13.6. The van der Waals surface area contributed by atoms with E-state index in [9.17, 15) is 9.18 Å². The summed E-state index contributed by atoms with van der Waals surface area (Å²) in [6.07, 6.45) is 2.97. The van der Waals surface area contributed by atoms with E-state index in [-0.39, 0.29) is 17.1 Å². The molecule has 0 aliphatic heterocycles. The highest BCUT2D eigenvalue weighted by atomic mass is 19.1. The van der Waals surface area contributed by atoms with Crippen molar-refractivity contribution in [2.75, 3.05) is 16.5 Å². The molecular formula is C17H16FN7O. The maximum atomic E-state index is 13.6. The number of carbonyl (C=O) groups excluding carboxylic acids is 1.